The molecule has 0 spiro atoms. The quantitative estimate of drug-likeness (QED) is 0.424. The van der Waals surface area contributed by atoms with Gasteiger partial charge in [0.2, 0.25) is 0 Å². The highest BCUT2D eigenvalue weighted by molar-refractivity contribution is 9.10. The van der Waals surface area contributed by atoms with Crippen LogP contribution in [0, 0.1) is 0 Å². The largest absolute Gasteiger partial charge is 0.457 e. The molecule has 0 saturated carbocycles. The molecular formula is C17H9BrCl2O4. The normalized spacial score (nSPS) is 10.8. The lowest BCUT2D eigenvalue weighted by molar-refractivity contribution is 0.0474. The lowest BCUT2D eigenvalue weighted by atomic mass is 10.1. The summed E-state index contributed by atoms with van der Waals surface area (Å²) in [4.78, 5) is 23.9. The number of benzene rings is 2. The Balaban J connectivity index is 1.91. The summed E-state index contributed by atoms with van der Waals surface area (Å²) in [6, 6.07) is 11.3. The van der Waals surface area contributed by atoms with E-state index in [4.69, 9.17) is 32.4 Å². The van der Waals surface area contributed by atoms with Crippen molar-refractivity contribution >= 4 is 56.1 Å². The Morgan fingerprint density at radius 1 is 1.12 bits per heavy atom. The second-order valence-electron chi connectivity index (χ2n) is 4.90. The van der Waals surface area contributed by atoms with E-state index in [0.29, 0.717) is 16.5 Å². The summed E-state index contributed by atoms with van der Waals surface area (Å²) in [6.07, 6.45) is 0. The van der Waals surface area contributed by atoms with Crippen LogP contribution in [0.2, 0.25) is 10.0 Å². The minimum Gasteiger partial charge on any atom is -0.457 e. The van der Waals surface area contributed by atoms with Crippen molar-refractivity contribution in [3.05, 3.63) is 78.5 Å². The van der Waals surface area contributed by atoms with E-state index < -0.39 is 11.6 Å². The molecular weight excluding hydrogens is 419 g/mol. The van der Waals surface area contributed by atoms with Gasteiger partial charge in [0, 0.05) is 21.5 Å². The van der Waals surface area contributed by atoms with Crippen molar-refractivity contribution in [1.82, 2.24) is 0 Å². The molecule has 3 rings (SSSR count). The summed E-state index contributed by atoms with van der Waals surface area (Å²) in [5.41, 5.74) is 0.502. The minimum atomic E-state index is -0.663. The number of halogens is 3. The van der Waals surface area contributed by atoms with Gasteiger partial charge in [-0.25, -0.2) is 9.59 Å². The van der Waals surface area contributed by atoms with Crippen LogP contribution >= 0.6 is 39.1 Å². The Kier molecular flexibility index (Phi) is 4.94. The van der Waals surface area contributed by atoms with Crippen LogP contribution in [0.15, 0.2) is 56.1 Å². The Morgan fingerprint density at radius 3 is 2.54 bits per heavy atom. The van der Waals surface area contributed by atoms with Crippen LogP contribution in [-0.4, -0.2) is 5.97 Å². The van der Waals surface area contributed by atoms with Crippen LogP contribution in [0.25, 0.3) is 11.0 Å². The molecule has 0 amide bonds. The van der Waals surface area contributed by atoms with E-state index in [9.17, 15) is 9.59 Å². The van der Waals surface area contributed by atoms with E-state index in [1.807, 2.05) is 0 Å². The highest BCUT2D eigenvalue weighted by Crippen LogP contribution is 2.26. The minimum absolute atomic E-state index is 0.0934. The zero-order valence-corrected chi connectivity index (χ0v) is 15.1. The van der Waals surface area contributed by atoms with Gasteiger partial charge in [-0.1, -0.05) is 45.2 Å². The predicted octanol–water partition coefficient (Wildman–Crippen LogP) is 5.22. The zero-order valence-electron chi connectivity index (χ0n) is 12.0. The van der Waals surface area contributed by atoms with Gasteiger partial charge in [0.1, 0.15) is 12.2 Å². The Hall–Kier alpha value is -1.82. The fourth-order valence-electron chi connectivity index (χ4n) is 2.23. The van der Waals surface area contributed by atoms with Crippen LogP contribution in [0.5, 0.6) is 0 Å². The van der Waals surface area contributed by atoms with Crippen molar-refractivity contribution in [2.75, 3.05) is 0 Å². The Labute approximate surface area is 155 Å². The summed E-state index contributed by atoms with van der Waals surface area (Å²) in [5, 5.41) is 1.08. The maximum absolute atomic E-state index is 12.2. The first-order valence-corrected chi connectivity index (χ1v) is 8.34. The molecule has 0 atom stereocenters. The maximum Gasteiger partial charge on any atom is 0.341 e. The molecule has 1 heterocycles. The molecule has 0 saturated heterocycles. The van der Waals surface area contributed by atoms with E-state index in [0.717, 1.165) is 4.47 Å². The summed E-state index contributed by atoms with van der Waals surface area (Å²) in [7, 11) is 0. The number of ether oxygens (including phenoxy) is 1. The molecule has 0 aliphatic carbocycles. The van der Waals surface area contributed by atoms with E-state index in [1.165, 1.54) is 6.07 Å². The Morgan fingerprint density at radius 2 is 1.83 bits per heavy atom. The number of fused-ring (bicyclic) bond motifs is 1. The fourth-order valence-corrected chi connectivity index (χ4v) is 3.12. The number of carbonyl (C=O) groups excluding carboxylic acids is 1. The predicted molar refractivity (Wildman–Crippen MR) is 95.8 cm³/mol. The van der Waals surface area contributed by atoms with Crippen molar-refractivity contribution in [2.45, 2.75) is 6.61 Å². The number of carbonyl (C=O) groups is 1. The van der Waals surface area contributed by atoms with Gasteiger partial charge in [-0.3, -0.25) is 0 Å². The topological polar surface area (TPSA) is 56.5 Å². The first kappa shape index (κ1) is 17.0. The molecule has 0 unspecified atom stereocenters. The van der Waals surface area contributed by atoms with Gasteiger partial charge < -0.3 is 9.15 Å². The summed E-state index contributed by atoms with van der Waals surface area (Å²) < 4.78 is 11.2. The molecule has 2 aromatic carbocycles. The van der Waals surface area contributed by atoms with Crippen molar-refractivity contribution in [1.29, 1.82) is 0 Å². The average Bonchev–Trinajstić information content (AvgIpc) is 2.51. The number of hydrogen-bond donors (Lipinski definition) is 0. The van der Waals surface area contributed by atoms with Crippen molar-refractivity contribution in [3.8, 4) is 0 Å². The first-order chi connectivity index (χ1) is 11.5. The molecule has 0 fully saturated rings. The second kappa shape index (κ2) is 6.97. The van der Waals surface area contributed by atoms with Gasteiger partial charge in [0.15, 0.2) is 0 Å². The number of hydrogen-bond acceptors (Lipinski definition) is 4. The number of esters is 1. The van der Waals surface area contributed by atoms with Gasteiger partial charge in [-0.2, -0.15) is 0 Å². The van der Waals surface area contributed by atoms with Gasteiger partial charge in [0.05, 0.1) is 15.6 Å². The van der Waals surface area contributed by atoms with E-state index in [-0.39, 0.29) is 22.2 Å². The smallest absolute Gasteiger partial charge is 0.341 e. The van der Waals surface area contributed by atoms with Crippen molar-refractivity contribution < 1.29 is 13.9 Å². The van der Waals surface area contributed by atoms with Gasteiger partial charge in [-0.15, -0.1) is 0 Å². The lowest BCUT2D eigenvalue weighted by Gasteiger charge is -2.09. The monoisotopic (exact) mass is 426 g/mol. The average molecular weight is 428 g/mol. The van der Waals surface area contributed by atoms with Crippen molar-refractivity contribution in [2.24, 2.45) is 0 Å². The second-order valence-corrected chi connectivity index (χ2v) is 6.63. The molecule has 0 aliphatic rings. The molecule has 4 nitrogen and oxygen atoms in total. The third-order valence-electron chi connectivity index (χ3n) is 3.32. The van der Waals surface area contributed by atoms with Gasteiger partial charge in [-0.05, 0) is 30.3 Å². The molecule has 7 heteroatoms. The molecule has 0 aliphatic heterocycles. The van der Waals surface area contributed by atoms with E-state index >= 15 is 0 Å². The van der Waals surface area contributed by atoms with Gasteiger partial charge in [0.25, 0.3) is 0 Å². The fraction of sp³-hybridized carbons (Fsp3) is 0.0588. The van der Waals surface area contributed by atoms with Crippen LogP contribution in [-0.2, 0) is 11.3 Å². The van der Waals surface area contributed by atoms with Gasteiger partial charge >= 0.3 is 11.6 Å². The standard InChI is InChI=1S/C17H9BrCl2O4/c18-10-4-5-11-9(6-15(21)24-14(11)7-10)8-23-17(22)16-12(19)2-1-3-13(16)20/h1-7H,8H2. The third kappa shape index (κ3) is 3.48. The molecule has 0 radical (unpaired) electrons. The van der Waals surface area contributed by atoms with Crippen LogP contribution in [0.3, 0.4) is 0 Å². The first-order valence-electron chi connectivity index (χ1n) is 6.79. The van der Waals surface area contributed by atoms with Crippen LogP contribution < -0.4 is 5.63 Å². The summed E-state index contributed by atoms with van der Waals surface area (Å²) >= 11 is 15.3. The molecule has 1 aromatic heterocycles. The third-order valence-corrected chi connectivity index (χ3v) is 4.44. The van der Waals surface area contributed by atoms with E-state index in [1.54, 1.807) is 36.4 Å². The summed E-state index contributed by atoms with van der Waals surface area (Å²) in [6.45, 7) is -0.107. The summed E-state index contributed by atoms with van der Waals surface area (Å²) in [5.74, 6) is -0.663. The number of rotatable bonds is 3. The highest BCUT2D eigenvalue weighted by Gasteiger charge is 2.17. The molecule has 122 valence electrons. The lowest BCUT2D eigenvalue weighted by Crippen LogP contribution is -2.09. The Bertz CT molecular complexity index is 977. The van der Waals surface area contributed by atoms with Crippen LogP contribution in [0.1, 0.15) is 15.9 Å². The zero-order chi connectivity index (χ0) is 17.3. The van der Waals surface area contributed by atoms with Crippen molar-refractivity contribution in [3.63, 3.8) is 0 Å². The molecule has 0 N–H and O–H groups in total. The highest BCUT2D eigenvalue weighted by atomic mass is 79.9. The maximum atomic E-state index is 12.2. The van der Waals surface area contributed by atoms with E-state index in [2.05, 4.69) is 15.9 Å². The molecule has 0 bridgehead atoms. The molecule has 3 aromatic rings. The van der Waals surface area contributed by atoms with Crippen LogP contribution in [0.4, 0.5) is 0 Å². The molecule has 24 heavy (non-hydrogen) atoms. The SMILES string of the molecule is O=C(OCc1cc(=O)oc2cc(Br)ccc12)c1c(Cl)cccc1Cl.